The lowest BCUT2D eigenvalue weighted by atomic mass is 10.1. The fourth-order valence-electron chi connectivity index (χ4n) is 2.11. The molecule has 20 heavy (non-hydrogen) atoms. The van der Waals surface area contributed by atoms with Crippen LogP contribution in [0.25, 0.3) is 10.4 Å². The van der Waals surface area contributed by atoms with E-state index in [1.54, 1.807) is 18.2 Å². The summed E-state index contributed by atoms with van der Waals surface area (Å²) in [4.78, 5) is 13.0. The Morgan fingerprint density at radius 2 is 1.80 bits per heavy atom. The van der Waals surface area contributed by atoms with Crippen molar-refractivity contribution in [1.82, 2.24) is 0 Å². The van der Waals surface area contributed by atoms with Gasteiger partial charge in [0, 0.05) is 16.4 Å². The van der Waals surface area contributed by atoms with Gasteiger partial charge >= 0.3 is 6.18 Å². The molecule has 1 fully saturated rings. The van der Waals surface area contributed by atoms with E-state index in [2.05, 4.69) is 0 Å². The number of ketones is 1. The summed E-state index contributed by atoms with van der Waals surface area (Å²) in [5, 5.41) is 0. The maximum atomic E-state index is 13.0. The highest BCUT2D eigenvalue weighted by Gasteiger charge is 2.34. The molecule has 1 saturated carbocycles. The van der Waals surface area contributed by atoms with Gasteiger partial charge in [-0.2, -0.15) is 13.2 Å². The molecular formula is C15H11F3OS. The molecule has 0 radical (unpaired) electrons. The molecule has 0 saturated heterocycles. The van der Waals surface area contributed by atoms with E-state index in [0.29, 0.717) is 9.75 Å². The first kappa shape index (κ1) is 13.4. The van der Waals surface area contributed by atoms with Crippen LogP contribution in [0.3, 0.4) is 0 Å². The molecule has 5 heteroatoms. The molecule has 3 rings (SSSR count). The molecule has 1 aromatic carbocycles. The van der Waals surface area contributed by atoms with Gasteiger partial charge in [0.05, 0.1) is 10.4 Å². The quantitative estimate of drug-likeness (QED) is 0.726. The fraction of sp³-hybridized carbons (Fsp3) is 0.267. The smallest absolute Gasteiger partial charge is 0.293 e. The fourth-order valence-corrected chi connectivity index (χ4v) is 3.17. The third-order valence-electron chi connectivity index (χ3n) is 3.29. The van der Waals surface area contributed by atoms with Gasteiger partial charge in [0.25, 0.3) is 0 Å². The lowest BCUT2D eigenvalue weighted by Gasteiger charge is -2.11. The number of halogens is 3. The monoisotopic (exact) mass is 296 g/mol. The minimum Gasteiger partial charge on any atom is -0.293 e. The zero-order valence-electron chi connectivity index (χ0n) is 10.4. The number of benzene rings is 1. The summed E-state index contributed by atoms with van der Waals surface area (Å²) in [7, 11) is 0. The molecular weight excluding hydrogens is 285 g/mol. The van der Waals surface area contributed by atoms with Gasteiger partial charge in [0.15, 0.2) is 5.78 Å². The Labute approximate surface area is 118 Å². The number of Topliss-reactive ketones (excluding diaryl/α,β-unsaturated/α-hetero) is 1. The number of hydrogen-bond donors (Lipinski definition) is 0. The SMILES string of the molecule is O=C(c1ccc(-c2ccccc2C(F)(F)F)s1)C1CC1. The Morgan fingerprint density at radius 3 is 2.45 bits per heavy atom. The molecule has 2 aromatic rings. The van der Waals surface area contributed by atoms with E-state index in [4.69, 9.17) is 0 Å². The summed E-state index contributed by atoms with van der Waals surface area (Å²) in [5.41, 5.74) is -0.521. The molecule has 0 unspecified atom stereocenters. The van der Waals surface area contributed by atoms with E-state index in [-0.39, 0.29) is 17.3 Å². The van der Waals surface area contributed by atoms with E-state index in [0.717, 1.165) is 30.2 Å². The Kier molecular flexibility index (Phi) is 3.17. The predicted molar refractivity (Wildman–Crippen MR) is 71.8 cm³/mol. The van der Waals surface area contributed by atoms with Crippen molar-refractivity contribution in [2.45, 2.75) is 19.0 Å². The van der Waals surface area contributed by atoms with Crippen LogP contribution in [0.2, 0.25) is 0 Å². The normalized spacial score (nSPS) is 15.3. The molecule has 1 aromatic heterocycles. The summed E-state index contributed by atoms with van der Waals surface area (Å²) in [6.45, 7) is 0. The van der Waals surface area contributed by atoms with Gasteiger partial charge in [-0.1, -0.05) is 18.2 Å². The molecule has 1 nitrogen and oxygen atoms in total. The highest BCUT2D eigenvalue weighted by Crippen LogP contribution is 2.41. The Morgan fingerprint density at radius 1 is 1.10 bits per heavy atom. The van der Waals surface area contributed by atoms with E-state index < -0.39 is 11.7 Å². The van der Waals surface area contributed by atoms with Crippen molar-refractivity contribution in [1.29, 1.82) is 0 Å². The van der Waals surface area contributed by atoms with Gasteiger partial charge in [-0.3, -0.25) is 4.79 Å². The van der Waals surface area contributed by atoms with Crippen LogP contribution in [0.15, 0.2) is 36.4 Å². The Balaban J connectivity index is 1.99. The highest BCUT2D eigenvalue weighted by atomic mass is 32.1. The summed E-state index contributed by atoms with van der Waals surface area (Å²) in [6.07, 6.45) is -2.60. The molecule has 0 amide bonds. The largest absolute Gasteiger partial charge is 0.417 e. The first-order valence-corrected chi connectivity index (χ1v) is 7.09. The first-order chi connectivity index (χ1) is 9.47. The minimum atomic E-state index is -4.39. The number of carbonyl (C=O) groups excluding carboxylic acids is 1. The molecule has 0 bridgehead atoms. The summed E-state index contributed by atoms with van der Waals surface area (Å²) in [5.74, 6) is 0.144. The number of thiophene rings is 1. The molecule has 0 N–H and O–H groups in total. The van der Waals surface area contributed by atoms with Crippen molar-refractivity contribution in [3.8, 4) is 10.4 Å². The lowest BCUT2D eigenvalue weighted by molar-refractivity contribution is -0.137. The van der Waals surface area contributed by atoms with Crippen LogP contribution in [-0.4, -0.2) is 5.78 Å². The average molecular weight is 296 g/mol. The van der Waals surface area contributed by atoms with Gasteiger partial charge in [-0.05, 0) is 31.0 Å². The second-order valence-electron chi connectivity index (χ2n) is 4.85. The lowest BCUT2D eigenvalue weighted by Crippen LogP contribution is -2.06. The average Bonchev–Trinajstić information content (AvgIpc) is 3.14. The molecule has 0 aliphatic heterocycles. The number of hydrogen-bond acceptors (Lipinski definition) is 2. The van der Waals surface area contributed by atoms with Crippen molar-refractivity contribution in [2.24, 2.45) is 5.92 Å². The zero-order valence-corrected chi connectivity index (χ0v) is 11.2. The van der Waals surface area contributed by atoms with Gasteiger partial charge in [0.2, 0.25) is 0 Å². The van der Waals surface area contributed by atoms with Crippen molar-refractivity contribution in [2.75, 3.05) is 0 Å². The highest BCUT2D eigenvalue weighted by molar-refractivity contribution is 7.17. The van der Waals surface area contributed by atoms with Crippen LogP contribution in [-0.2, 0) is 6.18 Å². The topological polar surface area (TPSA) is 17.1 Å². The number of rotatable bonds is 3. The van der Waals surface area contributed by atoms with E-state index in [1.165, 1.54) is 12.1 Å². The molecule has 1 aliphatic rings. The third kappa shape index (κ3) is 2.50. The third-order valence-corrected chi connectivity index (χ3v) is 4.43. The first-order valence-electron chi connectivity index (χ1n) is 6.27. The van der Waals surface area contributed by atoms with E-state index in [1.807, 2.05) is 0 Å². The summed E-state index contributed by atoms with van der Waals surface area (Å²) in [6, 6.07) is 8.69. The van der Waals surface area contributed by atoms with Gasteiger partial charge < -0.3 is 0 Å². The Hall–Kier alpha value is -1.62. The standard InChI is InChI=1S/C15H11F3OS/c16-15(17,18)11-4-2-1-3-10(11)12-7-8-13(20-12)14(19)9-5-6-9/h1-4,7-9H,5-6H2. The maximum Gasteiger partial charge on any atom is 0.417 e. The van der Waals surface area contributed by atoms with E-state index >= 15 is 0 Å². The number of carbonyl (C=O) groups is 1. The molecule has 1 heterocycles. The van der Waals surface area contributed by atoms with Crippen LogP contribution < -0.4 is 0 Å². The van der Waals surface area contributed by atoms with Crippen molar-refractivity contribution >= 4 is 17.1 Å². The van der Waals surface area contributed by atoms with Crippen molar-refractivity contribution < 1.29 is 18.0 Å². The van der Waals surface area contributed by atoms with E-state index in [9.17, 15) is 18.0 Å². The zero-order chi connectivity index (χ0) is 14.3. The molecule has 1 aliphatic carbocycles. The molecule has 104 valence electrons. The van der Waals surface area contributed by atoms with Crippen LogP contribution in [0.4, 0.5) is 13.2 Å². The van der Waals surface area contributed by atoms with Crippen LogP contribution in [0.5, 0.6) is 0 Å². The van der Waals surface area contributed by atoms with Crippen molar-refractivity contribution in [3.05, 3.63) is 46.8 Å². The maximum absolute atomic E-state index is 13.0. The van der Waals surface area contributed by atoms with Gasteiger partial charge in [-0.25, -0.2) is 0 Å². The minimum absolute atomic E-state index is 0.0609. The summed E-state index contributed by atoms with van der Waals surface area (Å²) >= 11 is 1.14. The summed E-state index contributed by atoms with van der Waals surface area (Å²) < 4.78 is 38.9. The molecule has 0 atom stereocenters. The Bertz CT molecular complexity index is 653. The van der Waals surface area contributed by atoms with Crippen molar-refractivity contribution in [3.63, 3.8) is 0 Å². The number of alkyl halides is 3. The van der Waals surface area contributed by atoms with Crippen LogP contribution in [0, 0.1) is 5.92 Å². The second kappa shape index (κ2) is 4.74. The van der Waals surface area contributed by atoms with Gasteiger partial charge in [0.1, 0.15) is 0 Å². The molecule has 0 spiro atoms. The van der Waals surface area contributed by atoms with Crippen LogP contribution in [0.1, 0.15) is 28.1 Å². The predicted octanol–water partition coefficient (Wildman–Crippen LogP) is 5.03. The van der Waals surface area contributed by atoms with Gasteiger partial charge in [-0.15, -0.1) is 11.3 Å². The van der Waals surface area contributed by atoms with Crippen LogP contribution >= 0.6 is 11.3 Å². The second-order valence-corrected chi connectivity index (χ2v) is 5.93.